The number of aromatic nitrogens is 1. The highest BCUT2D eigenvalue weighted by Gasteiger charge is 2.48. The van der Waals surface area contributed by atoms with Gasteiger partial charge in [0.05, 0.1) is 12.1 Å². The lowest BCUT2D eigenvalue weighted by molar-refractivity contribution is -0.0609. The summed E-state index contributed by atoms with van der Waals surface area (Å²) in [6, 6.07) is 0. The predicted molar refractivity (Wildman–Crippen MR) is 83.6 cm³/mol. The zero-order valence-corrected chi connectivity index (χ0v) is 13.6. The Balaban J connectivity index is 0.00000176. The molecule has 1 aliphatic carbocycles. The maximum atomic E-state index is 12.5. The third kappa shape index (κ3) is 2.87. The summed E-state index contributed by atoms with van der Waals surface area (Å²) in [5, 5.41) is 10.8. The molecular formula is C15H24ClN3O3. The monoisotopic (exact) mass is 329 g/mol. The molecular weight excluding hydrogens is 306 g/mol. The van der Waals surface area contributed by atoms with Crippen LogP contribution in [-0.2, 0) is 6.54 Å². The Morgan fingerprint density at radius 3 is 3.00 bits per heavy atom. The number of likely N-dealkylation sites (tertiary alicyclic amines) is 1. The van der Waals surface area contributed by atoms with Gasteiger partial charge in [-0.15, -0.1) is 12.4 Å². The van der Waals surface area contributed by atoms with Crippen LogP contribution in [0.5, 0.6) is 0 Å². The lowest BCUT2D eigenvalue weighted by atomic mass is 9.69. The molecule has 124 valence electrons. The molecule has 2 heterocycles. The molecule has 2 fully saturated rings. The Labute approximate surface area is 136 Å². The Morgan fingerprint density at radius 1 is 1.59 bits per heavy atom. The Kier molecular flexibility index (Phi) is 5.14. The molecule has 1 amide bonds. The van der Waals surface area contributed by atoms with Gasteiger partial charge in [0.2, 0.25) is 5.89 Å². The molecule has 22 heavy (non-hydrogen) atoms. The van der Waals surface area contributed by atoms with Crippen molar-refractivity contribution in [1.82, 2.24) is 9.88 Å². The molecule has 0 unspecified atom stereocenters. The summed E-state index contributed by atoms with van der Waals surface area (Å²) in [5.74, 6) is 0.834. The van der Waals surface area contributed by atoms with Gasteiger partial charge in [0.1, 0.15) is 6.26 Å². The minimum Gasteiger partial charge on any atom is -0.447 e. The fraction of sp³-hybridized carbons (Fsp3) is 0.733. The number of hydrogen-bond donors (Lipinski definition) is 2. The van der Waals surface area contributed by atoms with Gasteiger partial charge in [-0.2, -0.15) is 0 Å². The van der Waals surface area contributed by atoms with Crippen LogP contribution >= 0.6 is 12.4 Å². The van der Waals surface area contributed by atoms with Gasteiger partial charge >= 0.3 is 0 Å². The molecule has 1 aliphatic heterocycles. The van der Waals surface area contributed by atoms with Crippen molar-refractivity contribution in [2.24, 2.45) is 17.6 Å². The molecule has 0 spiro atoms. The highest BCUT2D eigenvalue weighted by molar-refractivity contribution is 5.92. The molecule has 3 atom stereocenters. The average molecular weight is 330 g/mol. The molecule has 1 saturated carbocycles. The van der Waals surface area contributed by atoms with Crippen molar-refractivity contribution in [3.05, 3.63) is 17.8 Å². The molecule has 1 aromatic heterocycles. The Bertz CT molecular complexity index is 536. The van der Waals surface area contributed by atoms with Gasteiger partial charge in [0.25, 0.3) is 5.91 Å². The number of amides is 1. The Morgan fingerprint density at radius 2 is 2.36 bits per heavy atom. The van der Waals surface area contributed by atoms with E-state index >= 15 is 0 Å². The molecule has 1 aromatic rings. The fourth-order valence-corrected chi connectivity index (χ4v) is 3.90. The zero-order valence-electron chi connectivity index (χ0n) is 12.8. The second kappa shape index (κ2) is 6.56. The van der Waals surface area contributed by atoms with Crippen LogP contribution in [0.25, 0.3) is 0 Å². The van der Waals surface area contributed by atoms with E-state index in [-0.39, 0.29) is 30.8 Å². The van der Waals surface area contributed by atoms with E-state index in [9.17, 15) is 9.90 Å². The van der Waals surface area contributed by atoms with Crippen molar-refractivity contribution in [3.63, 3.8) is 0 Å². The molecule has 3 rings (SSSR count). The van der Waals surface area contributed by atoms with Crippen molar-refractivity contribution >= 4 is 18.3 Å². The fourth-order valence-electron chi connectivity index (χ4n) is 3.90. The zero-order chi connectivity index (χ0) is 15.0. The van der Waals surface area contributed by atoms with Crippen LogP contribution in [0.2, 0.25) is 0 Å². The SMILES string of the molecule is CC[C@@]1(O)CCC[C@@H]2CN(C(=O)c3coc(CN)n3)C[C@@H]21.Cl. The highest BCUT2D eigenvalue weighted by atomic mass is 35.5. The number of nitrogens with zero attached hydrogens (tertiary/aromatic N) is 2. The van der Waals surface area contributed by atoms with Gasteiger partial charge in [-0.3, -0.25) is 4.79 Å². The molecule has 3 N–H and O–H groups in total. The number of rotatable bonds is 3. The van der Waals surface area contributed by atoms with Crippen molar-refractivity contribution < 1.29 is 14.3 Å². The van der Waals surface area contributed by atoms with Crippen LogP contribution in [0.3, 0.4) is 0 Å². The van der Waals surface area contributed by atoms with Gasteiger partial charge in [-0.05, 0) is 25.2 Å². The maximum Gasteiger partial charge on any atom is 0.275 e. The smallest absolute Gasteiger partial charge is 0.275 e. The van der Waals surface area contributed by atoms with E-state index in [1.807, 2.05) is 6.92 Å². The molecule has 1 saturated heterocycles. The minimum absolute atomic E-state index is 0. The van der Waals surface area contributed by atoms with Crippen LogP contribution < -0.4 is 5.73 Å². The average Bonchev–Trinajstić information content (AvgIpc) is 3.14. The second-order valence-electron chi connectivity index (χ2n) is 6.26. The first-order valence-corrected chi connectivity index (χ1v) is 7.73. The molecule has 2 aliphatic rings. The summed E-state index contributed by atoms with van der Waals surface area (Å²) in [5.41, 5.74) is 5.14. The predicted octanol–water partition coefficient (Wildman–Crippen LogP) is 1.57. The number of fused-ring (bicyclic) bond motifs is 1. The first kappa shape index (κ1) is 17.2. The van der Waals surface area contributed by atoms with Crippen LogP contribution in [0, 0.1) is 11.8 Å². The van der Waals surface area contributed by atoms with Gasteiger partial charge in [-0.25, -0.2) is 4.98 Å². The van der Waals surface area contributed by atoms with Crippen LogP contribution in [0.4, 0.5) is 0 Å². The van der Waals surface area contributed by atoms with Gasteiger partial charge < -0.3 is 20.2 Å². The third-order valence-corrected chi connectivity index (χ3v) is 5.16. The first-order valence-electron chi connectivity index (χ1n) is 7.73. The van der Waals surface area contributed by atoms with Crippen molar-refractivity contribution in [1.29, 1.82) is 0 Å². The number of halogens is 1. The van der Waals surface area contributed by atoms with Crippen molar-refractivity contribution in [2.45, 2.75) is 44.8 Å². The van der Waals surface area contributed by atoms with E-state index in [2.05, 4.69) is 4.98 Å². The number of nitrogens with two attached hydrogens (primary N) is 1. The third-order valence-electron chi connectivity index (χ3n) is 5.16. The number of hydrogen-bond acceptors (Lipinski definition) is 5. The number of carbonyl (C=O) groups is 1. The highest BCUT2D eigenvalue weighted by Crippen LogP contribution is 2.44. The first-order chi connectivity index (χ1) is 10.1. The summed E-state index contributed by atoms with van der Waals surface area (Å²) < 4.78 is 5.14. The van der Waals surface area contributed by atoms with Crippen molar-refractivity contribution in [3.8, 4) is 0 Å². The molecule has 0 aromatic carbocycles. The van der Waals surface area contributed by atoms with E-state index < -0.39 is 5.60 Å². The maximum absolute atomic E-state index is 12.5. The normalized spacial score (nSPS) is 30.8. The molecule has 0 radical (unpaired) electrons. The van der Waals surface area contributed by atoms with E-state index in [0.29, 0.717) is 30.6 Å². The standard InChI is InChI=1S/C15H23N3O3.ClH/c1-2-15(20)5-3-4-10-7-18(8-11(10)15)14(19)12-9-21-13(6-16)17-12;/h9-11,20H,2-8,16H2,1H3;1H/t10-,11+,15-;/m1./s1. The van der Waals surface area contributed by atoms with E-state index in [0.717, 1.165) is 25.7 Å². The number of oxazole rings is 1. The lowest BCUT2D eigenvalue weighted by Crippen LogP contribution is -2.44. The summed E-state index contributed by atoms with van der Waals surface area (Å²) in [6.07, 6.45) is 5.09. The van der Waals surface area contributed by atoms with Crippen LogP contribution in [0.15, 0.2) is 10.7 Å². The summed E-state index contributed by atoms with van der Waals surface area (Å²) in [4.78, 5) is 18.4. The molecule has 7 heteroatoms. The molecule has 6 nitrogen and oxygen atoms in total. The minimum atomic E-state index is -0.621. The van der Waals surface area contributed by atoms with Crippen molar-refractivity contribution in [2.75, 3.05) is 13.1 Å². The number of carbonyl (C=O) groups excluding carboxylic acids is 1. The summed E-state index contributed by atoms with van der Waals surface area (Å²) in [6.45, 7) is 3.53. The summed E-state index contributed by atoms with van der Waals surface area (Å²) in [7, 11) is 0. The van der Waals surface area contributed by atoms with Crippen LogP contribution in [-0.4, -0.2) is 39.6 Å². The van der Waals surface area contributed by atoms with E-state index in [4.69, 9.17) is 10.2 Å². The van der Waals surface area contributed by atoms with Gasteiger partial charge in [-0.1, -0.05) is 13.3 Å². The quantitative estimate of drug-likeness (QED) is 0.878. The lowest BCUT2D eigenvalue weighted by Gasteiger charge is -2.40. The largest absolute Gasteiger partial charge is 0.447 e. The van der Waals surface area contributed by atoms with Gasteiger partial charge in [0, 0.05) is 19.0 Å². The van der Waals surface area contributed by atoms with Crippen LogP contribution in [0.1, 0.15) is 49.0 Å². The summed E-state index contributed by atoms with van der Waals surface area (Å²) >= 11 is 0. The van der Waals surface area contributed by atoms with E-state index in [1.165, 1.54) is 6.26 Å². The van der Waals surface area contributed by atoms with E-state index in [1.54, 1.807) is 4.90 Å². The van der Waals surface area contributed by atoms with Gasteiger partial charge in [0.15, 0.2) is 5.69 Å². The molecule has 0 bridgehead atoms. The number of aliphatic hydroxyl groups is 1. The topological polar surface area (TPSA) is 92.6 Å². The second-order valence-corrected chi connectivity index (χ2v) is 6.26. The Hall–Kier alpha value is -1.11.